The Bertz CT molecular complexity index is 705. The standard InChI is InChI=1S/C17H23N5O2/c1-12-2-3-13(8-15(12)16-18-20-21-19-16)9-22-6-4-17(23)5-7-24-11-14(17)10-22/h2-3,8,14,23H,4-7,9-11H2,1H3,(H,18,19,20,21)/t14-,17-/m1/s1. The van der Waals surface area contributed by atoms with Gasteiger partial charge in [0.05, 0.1) is 12.2 Å². The number of hydrogen-bond donors (Lipinski definition) is 2. The van der Waals surface area contributed by atoms with Crippen LogP contribution in [0.15, 0.2) is 18.2 Å². The number of aromatic nitrogens is 4. The number of aryl methyl sites for hydroxylation is 1. The van der Waals surface area contributed by atoms with E-state index in [2.05, 4.69) is 50.6 Å². The van der Waals surface area contributed by atoms with Gasteiger partial charge in [0, 0.05) is 37.7 Å². The number of aromatic amines is 1. The molecular weight excluding hydrogens is 306 g/mol. The summed E-state index contributed by atoms with van der Waals surface area (Å²) in [6.07, 6.45) is 1.59. The third-order valence-electron chi connectivity index (χ3n) is 5.39. The Labute approximate surface area is 141 Å². The van der Waals surface area contributed by atoms with Crippen molar-refractivity contribution < 1.29 is 9.84 Å². The molecule has 0 bridgehead atoms. The number of fused-ring (bicyclic) bond motifs is 1. The number of rotatable bonds is 3. The molecule has 0 aliphatic carbocycles. The third kappa shape index (κ3) is 2.94. The topological polar surface area (TPSA) is 87.2 Å². The van der Waals surface area contributed by atoms with Gasteiger partial charge in [0.25, 0.3) is 0 Å². The lowest BCUT2D eigenvalue weighted by molar-refractivity contribution is -0.146. The summed E-state index contributed by atoms with van der Waals surface area (Å²) in [5.74, 6) is 0.838. The quantitative estimate of drug-likeness (QED) is 0.878. The molecule has 2 atom stereocenters. The Morgan fingerprint density at radius 3 is 3.17 bits per heavy atom. The van der Waals surface area contributed by atoms with E-state index in [0.717, 1.165) is 43.6 Å². The number of nitrogens with one attached hydrogen (secondary N) is 1. The second-order valence-corrected chi connectivity index (χ2v) is 7.00. The highest BCUT2D eigenvalue weighted by atomic mass is 16.5. The van der Waals surface area contributed by atoms with E-state index in [-0.39, 0.29) is 5.92 Å². The molecule has 0 spiro atoms. The number of tetrazole rings is 1. The summed E-state index contributed by atoms with van der Waals surface area (Å²) >= 11 is 0. The molecular formula is C17H23N5O2. The van der Waals surface area contributed by atoms with Crippen molar-refractivity contribution >= 4 is 0 Å². The first-order valence-corrected chi connectivity index (χ1v) is 8.50. The number of aliphatic hydroxyl groups is 1. The minimum absolute atomic E-state index is 0.210. The molecule has 24 heavy (non-hydrogen) atoms. The van der Waals surface area contributed by atoms with Crippen molar-refractivity contribution in [2.24, 2.45) is 5.92 Å². The lowest BCUT2D eigenvalue weighted by atomic mass is 9.78. The maximum Gasteiger partial charge on any atom is 0.204 e. The number of ether oxygens (including phenoxy) is 1. The van der Waals surface area contributed by atoms with E-state index in [1.165, 1.54) is 5.56 Å². The number of nitrogens with zero attached hydrogens (tertiary/aromatic N) is 4. The SMILES string of the molecule is Cc1ccc(CN2CC[C@@]3(O)CCOC[C@H]3C2)cc1-c1nn[nH]n1. The van der Waals surface area contributed by atoms with E-state index in [0.29, 0.717) is 19.0 Å². The summed E-state index contributed by atoms with van der Waals surface area (Å²) in [6, 6.07) is 6.39. The molecule has 2 aromatic rings. The van der Waals surface area contributed by atoms with E-state index in [9.17, 15) is 5.11 Å². The van der Waals surface area contributed by atoms with E-state index >= 15 is 0 Å². The van der Waals surface area contributed by atoms with Crippen LogP contribution in [-0.2, 0) is 11.3 Å². The van der Waals surface area contributed by atoms with Crippen LogP contribution in [0.4, 0.5) is 0 Å². The lowest BCUT2D eigenvalue weighted by Gasteiger charge is -2.47. The molecule has 2 aliphatic rings. The fourth-order valence-corrected chi connectivity index (χ4v) is 3.83. The first kappa shape index (κ1) is 15.7. The van der Waals surface area contributed by atoms with Gasteiger partial charge in [-0.2, -0.15) is 5.21 Å². The van der Waals surface area contributed by atoms with Gasteiger partial charge in [0.2, 0.25) is 5.82 Å². The van der Waals surface area contributed by atoms with Crippen LogP contribution in [0.5, 0.6) is 0 Å². The van der Waals surface area contributed by atoms with Crippen molar-refractivity contribution in [3.8, 4) is 11.4 Å². The Morgan fingerprint density at radius 1 is 1.42 bits per heavy atom. The van der Waals surface area contributed by atoms with Gasteiger partial charge in [-0.05, 0) is 42.2 Å². The number of benzene rings is 1. The minimum atomic E-state index is -0.530. The average Bonchev–Trinajstić information content (AvgIpc) is 3.11. The van der Waals surface area contributed by atoms with Crippen molar-refractivity contribution in [2.45, 2.75) is 31.9 Å². The van der Waals surface area contributed by atoms with E-state index in [4.69, 9.17) is 4.74 Å². The van der Waals surface area contributed by atoms with Gasteiger partial charge in [-0.25, -0.2) is 0 Å². The van der Waals surface area contributed by atoms with Crippen molar-refractivity contribution in [2.75, 3.05) is 26.3 Å². The summed E-state index contributed by atoms with van der Waals surface area (Å²) in [5, 5.41) is 25.1. The zero-order valence-corrected chi connectivity index (χ0v) is 13.9. The summed E-state index contributed by atoms with van der Waals surface area (Å²) in [7, 11) is 0. The van der Waals surface area contributed by atoms with Gasteiger partial charge in [-0.15, -0.1) is 10.2 Å². The number of likely N-dealkylation sites (tertiary alicyclic amines) is 1. The van der Waals surface area contributed by atoms with Crippen LogP contribution in [0.25, 0.3) is 11.4 Å². The molecule has 0 saturated carbocycles. The molecule has 4 rings (SSSR count). The Morgan fingerprint density at radius 2 is 2.33 bits per heavy atom. The largest absolute Gasteiger partial charge is 0.389 e. The van der Waals surface area contributed by atoms with E-state index < -0.39 is 5.60 Å². The first-order valence-electron chi connectivity index (χ1n) is 8.50. The molecule has 0 unspecified atom stereocenters. The van der Waals surface area contributed by atoms with Crippen LogP contribution < -0.4 is 0 Å². The maximum absolute atomic E-state index is 10.7. The van der Waals surface area contributed by atoms with Gasteiger partial charge in [-0.3, -0.25) is 4.90 Å². The molecule has 2 aliphatic heterocycles. The third-order valence-corrected chi connectivity index (χ3v) is 5.39. The Kier molecular flexibility index (Phi) is 4.07. The molecule has 7 nitrogen and oxygen atoms in total. The summed E-state index contributed by atoms with van der Waals surface area (Å²) in [5.41, 5.74) is 2.84. The van der Waals surface area contributed by atoms with Crippen LogP contribution in [0, 0.1) is 12.8 Å². The highest BCUT2D eigenvalue weighted by Gasteiger charge is 2.43. The second kappa shape index (κ2) is 6.23. The number of piperidine rings is 1. The summed E-state index contributed by atoms with van der Waals surface area (Å²) < 4.78 is 5.57. The predicted octanol–water partition coefficient (Wildman–Crippen LogP) is 1.15. The van der Waals surface area contributed by atoms with Crippen LogP contribution in [0.1, 0.15) is 24.0 Å². The summed E-state index contributed by atoms with van der Waals surface area (Å²) in [4.78, 5) is 2.40. The predicted molar refractivity (Wildman–Crippen MR) is 88.1 cm³/mol. The monoisotopic (exact) mass is 329 g/mol. The van der Waals surface area contributed by atoms with Gasteiger partial charge >= 0.3 is 0 Å². The van der Waals surface area contributed by atoms with Crippen LogP contribution in [-0.4, -0.2) is 62.5 Å². The average molecular weight is 329 g/mol. The van der Waals surface area contributed by atoms with E-state index in [1.54, 1.807) is 0 Å². The minimum Gasteiger partial charge on any atom is -0.389 e. The molecule has 7 heteroatoms. The number of H-pyrrole nitrogens is 1. The van der Waals surface area contributed by atoms with Crippen molar-refractivity contribution in [3.05, 3.63) is 29.3 Å². The Hall–Kier alpha value is -1.83. The Balaban J connectivity index is 1.49. The first-order chi connectivity index (χ1) is 11.6. The smallest absolute Gasteiger partial charge is 0.204 e. The van der Waals surface area contributed by atoms with Crippen LogP contribution in [0.2, 0.25) is 0 Å². The zero-order valence-electron chi connectivity index (χ0n) is 13.9. The maximum atomic E-state index is 10.7. The molecule has 2 N–H and O–H groups in total. The van der Waals surface area contributed by atoms with Crippen molar-refractivity contribution in [1.29, 1.82) is 0 Å². The normalized spacial score (nSPS) is 27.8. The zero-order chi connectivity index (χ0) is 16.6. The van der Waals surface area contributed by atoms with E-state index in [1.807, 2.05) is 0 Å². The fourth-order valence-electron chi connectivity index (χ4n) is 3.83. The molecule has 128 valence electrons. The van der Waals surface area contributed by atoms with Gasteiger partial charge < -0.3 is 9.84 Å². The highest BCUT2D eigenvalue weighted by Crippen LogP contribution is 2.35. The van der Waals surface area contributed by atoms with Crippen LogP contribution >= 0.6 is 0 Å². The summed E-state index contributed by atoms with van der Waals surface area (Å²) in [6.45, 7) is 6.04. The van der Waals surface area contributed by atoms with Crippen molar-refractivity contribution in [3.63, 3.8) is 0 Å². The van der Waals surface area contributed by atoms with Gasteiger partial charge in [0.15, 0.2) is 0 Å². The van der Waals surface area contributed by atoms with Gasteiger partial charge in [-0.1, -0.05) is 12.1 Å². The molecule has 2 saturated heterocycles. The molecule has 1 aromatic heterocycles. The molecule has 2 fully saturated rings. The highest BCUT2D eigenvalue weighted by molar-refractivity contribution is 5.60. The molecule has 1 aromatic carbocycles. The van der Waals surface area contributed by atoms with Crippen LogP contribution in [0.3, 0.4) is 0 Å². The lowest BCUT2D eigenvalue weighted by Crippen LogP contribution is -2.55. The number of hydrogen-bond acceptors (Lipinski definition) is 6. The molecule has 0 radical (unpaired) electrons. The van der Waals surface area contributed by atoms with Gasteiger partial charge in [0.1, 0.15) is 0 Å². The molecule has 0 amide bonds. The van der Waals surface area contributed by atoms with Crippen molar-refractivity contribution in [1.82, 2.24) is 25.5 Å². The second-order valence-electron chi connectivity index (χ2n) is 7.00. The molecule has 3 heterocycles. The fraction of sp³-hybridized carbons (Fsp3) is 0.588.